The van der Waals surface area contributed by atoms with Crippen molar-refractivity contribution >= 4 is 5.97 Å². The zero-order chi connectivity index (χ0) is 16.0. The molecule has 0 aliphatic heterocycles. The second kappa shape index (κ2) is 7.50. The molecule has 21 heavy (non-hydrogen) atoms. The van der Waals surface area contributed by atoms with Crippen molar-refractivity contribution in [3.8, 4) is 0 Å². The Bertz CT molecular complexity index is 471. The first-order valence-electron chi connectivity index (χ1n) is 7.16. The van der Waals surface area contributed by atoms with Crippen molar-refractivity contribution in [1.82, 2.24) is 0 Å². The minimum atomic E-state index is -1.10. The number of hydrogen-bond acceptors (Lipinski definition) is 3. The van der Waals surface area contributed by atoms with Crippen molar-refractivity contribution in [2.75, 3.05) is 13.2 Å². The first kappa shape index (κ1) is 17.6. The van der Waals surface area contributed by atoms with Crippen molar-refractivity contribution in [3.05, 3.63) is 35.4 Å². The average molecular weight is 299 g/mol. The number of nitrogens with two attached hydrogens (primary N) is 1. The number of benzene rings is 1. The minimum Gasteiger partial charge on any atom is -0.466 e. The number of carbonyl (C=O) groups excluding carboxylic acids is 1. The molecule has 0 heterocycles. The average Bonchev–Trinajstić information content (AvgIpc) is 2.41. The van der Waals surface area contributed by atoms with Crippen molar-refractivity contribution in [3.63, 3.8) is 0 Å². The van der Waals surface area contributed by atoms with Crippen molar-refractivity contribution in [2.24, 2.45) is 17.1 Å². The van der Waals surface area contributed by atoms with Crippen LogP contribution >= 0.6 is 0 Å². The number of hydrogen-bond donors (Lipinski definition) is 1. The molecule has 0 saturated carbocycles. The van der Waals surface area contributed by atoms with E-state index < -0.39 is 23.0 Å². The number of ether oxygens (including phenoxy) is 1. The normalized spacial score (nSPS) is 14.0. The van der Waals surface area contributed by atoms with Crippen LogP contribution in [0.25, 0.3) is 0 Å². The first-order valence-corrected chi connectivity index (χ1v) is 7.16. The SMILES string of the molecule is CCOC(=O)C(CN)(Cc1c(F)cccc1F)CC(C)C. The molecule has 0 aliphatic rings. The number of rotatable bonds is 7. The Labute approximate surface area is 124 Å². The summed E-state index contributed by atoms with van der Waals surface area (Å²) in [6, 6.07) is 3.66. The van der Waals surface area contributed by atoms with Crippen LogP contribution < -0.4 is 5.73 Å². The molecule has 0 aromatic heterocycles. The largest absolute Gasteiger partial charge is 0.466 e. The van der Waals surface area contributed by atoms with Crippen molar-refractivity contribution < 1.29 is 18.3 Å². The van der Waals surface area contributed by atoms with Crippen LogP contribution in [0.1, 0.15) is 32.8 Å². The van der Waals surface area contributed by atoms with Gasteiger partial charge in [-0.2, -0.15) is 0 Å². The fourth-order valence-electron chi connectivity index (χ4n) is 2.57. The fraction of sp³-hybridized carbons (Fsp3) is 0.562. The molecule has 1 atom stereocenters. The summed E-state index contributed by atoms with van der Waals surface area (Å²) in [6.45, 7) is 5.75. The topological polar surface area (TPSA) is 52.3 Å². The lowest BCUT2D eigenvalue weighted by atomic mass is 9.75. The highest BCUT2D eigenvalue weighted by Gasteiger charge is 2.40. The van der Waals surface area contributed by atoms with Gasteiger partial charge in [-0.15, -0.1) is 0 Å². The molecular formula is C16H23F2NO2. The molecule has 3 nitrogen and oxygen atoms in total. The van der Waals surface area contributed by atoms with Crippen LogP contribution in [0.15, 0.2) is 18.2 Å². The molecule has 118 valence electrons. The smallest absolute Gasteiger partial charge is 0.313 e. The van der Waals surface area contributed by atoms with Gasteiger partial charge in [0.05, 0.1) is 12.0 Å². The molecule has 0 radical (unpaired) electrons. The van der Waals surface area contributed by atoms with Gasteiger partial charge in [0.1, 0.15) is 11.6 Å². The highest BCUT2D eigenvalue weighted by molar-refractivity contribution is 5.77. The third-order valence-electron chi connectivity index (χ3n) is 3.48. The molecule has 2 N–H and O–H groups in total. The third-order valence-corrected chi connectivity index (χ3v) is 3.48. The van der Waals surface area contributed by atoms with Crippen LogP contribution in [-0.4, -0.2) is 19.1 Å². The van der Waals surface area contributed by atoms with Crippen molar-refractivity contribution in [2.45, 2.75) is 33.6 Å². The fourth-order valence-corrected chi connectivity index (χ4v) is 2.57. The van der Waals surface area contributed by atoms with Gasteiger partial charge in [0.25, 0.3) is 0 Å². The summed E-state index contributed by atoms with van der Waals surface area (Å²) in [5.74, 6) is -1.68. The summed E-state index contributed by atoms with van der Waals surface area (Å²) < 4.78 is 32.8. The Morgan fingerprint density at radius 3 is 2.33 bits per heavy atom. The molecule has 5 heteroatoms. The predicted molar refractivity (Wildman–Crippen MR) is 77.6 cm³/mol. The zero-order valence-corrected chi connectivity index (χ0v) is 12.8. The van der Waals surface area contributed by atoms with E-state index in [0.29, 0.717) is 6.42 Å². The standard InChI is InChI=1S/C16H23F2NO2/c1-4-21-15(20)16(10-19,8-11(2)3)9-12-13(17)6-5-7-14(12)18/h5-7,11H,4,8-10,19H2,1-3H3. The minimum absolute atomic E-state index is 0.0161. The van der Waals surface area contributed by atoms with E-state index in [4.69, 9.17) is 10.5 Å². The quantitative estimate of drug-likeness (QED) is 0.787. The number of esters is 1. The zero-order valence-electron chi connectivity index (χ0n) is 12.8. The highest BCUT2D eigenvalue weighted by Crippen LogP contribution is 2.33. The van der Waals surface area contributed by atoms with E-state index >= 15 is 0 Å². The summed E-state index contributed by atoms with van der Waals surface area (Å²) in [4.78, 5) is 12.3. The molecule has 0 spiro atoms. The summed E-state index contributed by atoms with van der Waals surface area (Å²) in [6.07, 6.45) is 0.315. The van der Waals surface area contributed by atoms with Gasteiger partial charge in [-0.1, -0.05) is 19.9 Å². The van der Waals surface area contributed by atoms with Gasteiger partial charge in [-0.25, -0.2) is 8.78 Å². The van der Waals surface area contributed by atoms with E-state index in [9.17, 15) is 13.6 Å². The number of halogens is 2. The first-order chi connectivity index (χ1) is 9.86. The maximum absolute atomic E-state index is 13.9. The Hall–Kier alpha value is -1.49. The maximum Gasteiger partial charge on any atom is 0.313 e. The lowest BCUT2D eigenvalue weighted by Crippen LogP contribution is -2.43. The van der Waals surface area contributed by atoms with E-state index in [-0.39, 0.29) is 31.1 Å². The second-order valence-corrected chi connectivity index (χ2v) is 5.68. The van der Waals surface area contributed by atoms with Gasteiger partial charge in [0.15, 0.2) is 0 Å². The van der Waals surface area contributed by atoms with E-state index in [1.54, 1.807) is 6.92 Å². The Morgan fingerprint density at radius 2 is 1.90 bits per heavy atom. The number of carbonyl (C=O) groups is 1. The molecule has 1 rings (SSSR count). The Kier molecular flexibility index (Phi) is 6.27. The molecule has 0 fully saturated rings. The van der Waals surface area contributed by atoms with Crippen molar-refractivity contribution in [1.29, 1.82) is 0 Å². The van der Waals surface area contributed by atoms with Gasteiger partial charge in [0, 0.05) is 12.1 Å². The molecule has 1 aromatic rings. The molecule has 0 bridgehead atoms. The van der Waals surface area contributed by atoms with Crippen LogP contribution in [0, 0.1) is 23.0 Å². The van der Waals surface area contributed by atoms with Crippen LogP contribution in [0.4, 0.5) is 8.78 Å². The van der Waals surface area contributed by atoms with Gasteiger partial charge in [-0.05, 0) is 37.8 Å². The molecular weight excluding hydrogens is 276 g/mol. The Balaban J connectivity index is 3.20. The maximum atomic E-state index is 13.9. The molecule has 0 saturated heterocycles. The van der Waals surface area contributed by atoms with E-state index in [0.717, 1.165) is 0 Å². The second-order valence-electron chi connectivity index (χ2n) is 5.68. The summed E-state index contributed by atoms with van der Waals surface area (Å²) in [7, 11) is 0. The lowest BCUT2D eigenvalue weighted by molar-refractivity contribution is -0.156. The van der Waals surface area contributed by atoms with Crippen LogP contribution in [0.3, 0.4) is 0 Å². The predicted octanol–water partition coefficient (Wildman–Crippen LogP) is 3.06. The van der Waals surface area contributed by atoms with Gasteiger partial charge in [-0.3, -0.25) is 4.79 Å². The molecule has 1 aromatic carbocycles. The monoisotopic (exact) mass is 299 g/mol. The Morgan fingerprint density at radius 1 is 1.33 bits per heavy atom. The van der Waals surface area contributed by atoms with Gasteiger partial charge < -0.3 is 10.5 Å². The van der Waals surface area contributed by atoms with E-state index in [1.807, 2.05) is 13.8 Å². The van der Waals surface area contributed by atoms with Gasteiger partial charge in [0.2, 0.25) is 0 Å². The lowest BCUT2D eigenvalue weighted by Gasteiger charge is -2.32. The molecule has 0 aliphatic carbocycles. The van der Waals surface area contributed by atoms with E-state index in [2.05, 4.69) is 0 Å². The van der Waals surface area contributed by atoms with E-state index in [1.165, 1.54) is 18.2 Å². The molecule has 0 amide bonds. The van der Waals surface area contributed by atoms with Crippen LogP contribution in [-0.2, 0) is 16.0 Å². The van der Waals surface area contributed by atoms with Crippen LogP contribution in [0.2, 0.25) is 0 Å². The summed E-state index contributed by atoms with van der Waals surface area (Å²) in [5.41, 5.74) is 4.57. The molecule has 1 unspecified atom stereocenters. The third kappa shape index (κ3) is 4.24. The summed E-state index contributed by atoms with van der Waals surface area (Å²) >= 11 is 0. The van der Waals surface area contributed by atoms with Crippen LogP contribution in [0.5, 0.6) is 0 Å². The summed E-state index contributed by atoms with van der Waals surface area (Å²) in [5, 5.41) is 0. The van der Waals surface area contributed by atoms with Gasteiger partial charge >= 0.3 is 5.97 Å². The highest BCUT2D eigenvalue weighted by atomic mass is 19.1.